The van der Waals surface area contributed by atoms with Crippen molar-refractivity contribution >= 4 is 12.1 Å². The number of hydrazone groups is 1. The van der Waals surface area contributed by atoms with Crippen LogP contribution >= 0.6 is 0 Å². The topological polar surface area (TPSA) is 81.9 Å². The van der Waals surface area contributed by atoms with Crippen LogP contribution in [0.4, 0.5) is 57.1 Å². The summed E-state index contributed by atoms with van der Waals surface area (Å²) in [7, 11) is 0. The molecule has 0 aliphatic heterocycles. The van der Waals surface area contributed by atoms with Crippen molar-refractivity contribution in [2.24, 2.45) is 5.10 Å². The number of carbonyl (C=O) groups is 1. The second-order valence-corrected chi connectivity index (χ2v) is 5.81. The van der Waals surface area contributed by atoms with Crippen LogP contribution in [0, 0.1) is 0 Å². The maximum absolute atomic E-state index is 13.5. The quantitative estimate of drug-likeness (QED) is 0.298. The molecule has 0 unspecified atom stereocenters. The molecule has 0 atom stereocenters. The molecule has 0 heterocycles. The summed E-state index contributed by atoms with van der Waals surface area (Å²) < 4.78 is 168. The standard InChI is InChI=1S/C14H7F13N2O3/c15-9(16,8(32)29-28-4-5-1-2-6(30)3-7(5)31)10(17,18)11(19,20)12(21,22)13(23,24)14(25,26)27/h1-4,30-31H,(H,29,32)/b28-4+. The van der Waals surface area contributed by atoms with Crippen molar-refractivity contribution in [3.8, 4) is 11.5 Å². The zero-order valence-corrected chi connectivity index (χ0v) is 14.5. The maximum atomic E-state index is 13.5. The third-order valence-corrected chi connectivity index (χ3v) is 3.60. The minimum Gasteiger partial charge on any atom is -0.508 e. The summed E-state index contributed by atoms with van der Waals surface area (Å²) in [6.45, 7) is 0. The molecule has 0 aromatic heterocycles. The van der Waals surface area contributed by atoms with Gasteiger partial charge in [-0.15, -0.1) is 0 Å². The third-order valence-electron chi connectivity index (χ3n) is 3.60. The predicted molar refractivity (Wildman–Crippen MR) is 76.3 cm³/mol. The third kappa shape index (κ3) is 4.08. The van der Waals surface area contributed by atoms with Gasteiger partial charge in [0.05, 0.1) is 6.21 Å². The van der Waals surface area contributed by atoms with Gasteiger partial charge in [0.2, 0.25) is 0 Å². The number of halogens is 13. The molecule has 32 heavy (non-hydrogen) atoms. The second kappa shape index (κ2) is 7.88. The first-order chi connectivity index (χ1) is 14.1. The molecule has 5 nitrogen and oxygen atoms in total. The van der Waals surface area contributed by atoms with E-state index in [1.165, 1.54) is 0 Å². The van der Waals surface area contributed by atoms with E-state index >= 15 is 0 Å². The van der Waals surface area contributed by atoms with E-state index in [4.69, 9.17) is 5.11 Å². The molecule has 0 bridgehead atoms. The Labute approximate surface area is 167 Å². The molecule has 182 valence electrons. The number of nitrogens with one attached hydrogen (secondary N) is 1. The van der Waals surface area contributed by atoms with Crippen LogP contribution in [-0.4, -0.2) is 58.1 Å². The van der Waals surface area contributed by atoms with Gasteiger partial charge in [-0.3, -0.25) is 4.79 Å². The lowest BCUT2D eigenvalue weighted by atomic mass is 9.93. The summed E-state index contributed by atoms with van der Waals surface area (Å²) in [5.41, 5.74) is -0.0632. The predicted octanol–water partition coefficient (Wildman–Crippen LogP) is 4.29. The Hall–Kier alpha value is -2.95. The Balaban J connectivity index is 3.26. The van der Waals surface area contributed by atoms with E-state index in [0.717, 1.165) is 12.1 Å². The number of phenols is 2. The zero-order chi connectivity index (χ0) is 25.6. The first-order valence-corrected chi connectivity index (χ1v) is 7.37. The molecule has 1 aromatic carbocycles. The van der Waals surface area contributed by atoms with Gasteiger partial charge in [-0.25, -0.2) is 5.43 Å². The lowest BCUT2D eigenvalue weighted by Gasteiger charge is -2.38. The fourth-order valence-electron chi connectivity index (χ4n) is 1.78. The fraction of sp³-hybridized carbons (Fsp3) is 0.429. The van der Waals surface area contributed by atoms with Crippen LogP contribution in [0.1, 0.15) is 5.56 Å². The van der Waals surface area contributed by atoms with Crippen LogP contribution < -0.4 is 5.43 Å². The average Bonchev–Trinajstić information content (AvgIpc) is 2.61. The molecular weight excluding hydrogens is 491 g/mol. The molecule has 0 saturated heterocycles. The van der Waals surface area contributed by atoms with Gasteiger partial charge < -0.3 is 10.2 Å². The lowest BCUT2D eigenvalue weighted by molar-refractivity contribution is -0.436. The van der Waals surface area contributed by atoms with Crippen LogP contribution in [0.15, 0.2) is 23.3 Å². The Morgan fingerprint density at radius 3 is 1.69 bits per heavy atom. The van der Waals surface area contributed by atoms with Crippen molar-refractivity contribution in [1.82, 2.24) is 5.43 Å². The SMILES string of the molecule is O=C(N/N=C/c1ccc(O)cc1O)C(F)(F)C(F)(F)C(F)(F)C(F)(F)C(F)(F)C(F)(F)F. The highest BCUT2D eigenvalue weighted by Gasteiger charge is 2.91. The lowest BCUT2D eigenvalue weighted by Crippen LogP contribution is -2.71. The summed E-state index contributed by atoms with van der Waals surface area (Å²) in [6, 6.07) is 2.26. The highest BCUT2D eigenvalue weighted by Crippen LogP contribution is 2.60. The molecule has 1 rings (SSSR count). The van der Waals surface area contributed by atoms with Crippen molar-refractivity contribution in [3.05, 3.63) is 23.8 Å². The van der Waals surface area contributed by atoms with Crippen molar-refractivity contribution in [2.45, 2.75) is 35.8 Å². The summed E-state index contributed by atoms with van der Waals surface area (Å²) in [5.74, 6) is -44.0. The summed E-state index contributed by atoms with van der Waals surface area (Å²) in [5, 5.41) is 20.8. The van der Waals surface area contributed by atoms with E-state index < -0.39 is 58.8 Å². The van der Waals surface area contributed by atoms with Crippen molar-refractivity contribution in [1.29, 1.82) is 0 Å². The number of amides is 1. The molecule has 0 radical (unpaired) electrons. The number of benzene rings is 1. The van der Waals surface area contributed by atoms with Gasteiger partial charge in [-0.05, 0) is 12.1 Å². The molecule has 1 aromatic rings. The minimum absolute atomic E-state index is 0.200. The van der Waals surface area contributed by atoms with Crippen molar-refractivity contribution in [3.63, 3.8) is 0 Å². The van der Waals surface area contributed by atoms with E-state index in [9.17, 15) is 67.0 Å². The molecule has 18 heteroatoms. The first-order valence-electron chi connectivity index (χ1n) is 7.37. The molecule has 0 aliphatic rings. The maximum Gasteiger partial charge on any atom is 0.460 e. The average molecular weight is 498 g/mol. The van der Waals surface area contributed by atoms with Gasteiger partial charge in [0.1, 0.15) is 11.5 Å². The Morgan fingerprint density at radius 2 is 1.25 bits per heavy atom. The molecular formula is C14H7F13N2O3. The summed E-state index contributed by atoms with van der Waals surface area (Å²) in [6.07, 6.45) is -7.37. The molecule has 0 saturated carbocycles. The van der Waals surface area contributed by atoms with Crippen LogP contribution in [-0.2, 0) is 4.79 Å². The molecule has 0 aliphatic carbocycles. The smallest absolute Gasteiger partial charge is 0.460 e. The van der Waals surface area contributed by atoms with Gasteiger partial charge in [0, 0.05) is 11.6 Å². The van der Waals surface area contributed by atoms with Gasteiger partial charge in [0.15, 0.2) is 0 Å². The van der Waals surface area contributed by atoms with E-state index in [0.29, 0.717) is 11.5 Å². The number of nitrogens with zero attached hydrogens (tertiary/aromatic N) is 1. The van der Waals surface area contributed by atoms with Crippen LogP contribution in [0.3, 0.4) is 0 Å². The summed E-state index contributed by atoms with van der Waals surface area (Å²) >= 11 is 0. The van der Waals surface area contributed by atoms with Gasteiger partial charge >= 0.3 is 41.7 Å². The molecule has 0 fully saturated rings. The van der Waals surface area contributed by atoms with Gasteiger partial charge in [-0.1, -0.05) is 0 Å². The number of hydrogen-bond donors (Lipinski definition) is 3. The number of hydrogen-bond acceptors (Lipinski definition) is 4. The normalized spacial score (nSPS) is 14.7. The number of aromatic hydroxyl groups is 2. The fourth-order valence-corrected chi connectivity index (χ4v) is 1.78. The number of carbonyl (C=O) groups excluding carboxylic acids is 1. The van der Waals surface area contributed by atoms with E-state index in [1.807, 2.05) is 0 Å². The van der Waals surface area contributed by atoms with Crippen LogP contribution in [0.25, 0.3) is 0 Å². The van der Waals surface area contributed by atoms with Gasteiger partial charge in [-0.2, -0.15) is 62.2 Å². The summed E-state index contributed by atoms with van der Waals surface area (Å²) in [4.78, 5) is 11.1. The van der Waals surface area contributed by atoms with Crippen LogP contribution in [0.2, 0.25) is 0 Å². The molecule has 1 amide bonds. The highest BCUT2D eigenvalue weighted by molar-refractivity contribution is 5.88. The Kier molecular flexibility index (Phi) is 6.67. The van der Waals surface area contributed by atoms with E-state index in [-0.39, 0.29) is 6.21 Å². The van der Waals surface area contributed by atoms with Crippen molar-refractivity contribution in [2.75, 3.05) is 0 Å². The highest BCUT2D eigenvalue weighted by atomic mass is 19.4. The molecule has 0 spiro atoms. The first kappa shape index (κ1) is 27.1. The van der Waals surface area contributed by atoms with Crippen LogP contribution in [0.5, 0.6) is 11.5 Å². The van der Waals surface area contributed by atoms with E-state index in [2.05, 4.69) is 5.10 Å². The van der Waals surface area contributed by atoms with Crippen molar-refractivity contribution < 1.29 is 72.1 Å². The minimum atomic E-state index is -8.13. The zero-order valence-electron chi connectivity index (χ0n) is 14.5. The Bertz CT molecular complexity index is 896. The largest absolute Gasteiger partial charge is 0.508 e. The number of alkyl halides is 13. The van der Waals surface area contributed by atoms with E-state index in [1.54, 1.807) is 0 Å². The van der Waals surface area contributed by atoms with Gasteiger partial charge in [0.25, 0.3) is 0 Å². The monoisotopic (exact) mass is 498 g/mol. The Morgan fingerprint density at radius 1 is 0.781 bits per heavy atom. The number of phenolic OH excluding ortho intramolecular Hbond substituents is 2. The number of rotatable bonds is 7. The second-order valence-electron chi connectivity index (χ2n) is 5.81. The molecule has 3 N–H and O–H groups in total.